The molecule has 1 saturated carbocycles. The average molecular weight is 155 g/mol. The lowest BCUT2D eigenvalue weighted by Gasteiger charge is -2.19. The number of hydrogen-bond donors (Lipinski definition) is 1. The van der Waals surface area contributed by atoms with Gasteiger partial charge >= 0.3 is 0 Å². The molecule has 1 aliphatic rings. The smallest absolute Gasteiger partial charge is 0.00362 e. The van der Waals surface area contributed by atoms with Crippen molar-refractivity contribution in [2.45, 2.75) is 46.1 Å². The van der Waals surface area contributed by atoms with Crippen LogP contribution in [0.5, 0.6) is 0 Å². The van der Waals surface area contributed by atoms with Crippen LogP contribution in [0.2, 0.25) is 0 Å². The van der Waals surface area contributed by atoms with Crippen LogP contribution >= 0.6 is 0 Å². The topological polar surface area (TPSA) is 26.0 Å². The standard InChI is InChI=1S/C10H21N/c1-7(9(3)11)6-8(2)10-4-5-10/h7-10H,4-6,11H2,1-3H3. The van der Waals surface area contributed by atoms with Crippen molar-refractivity contribution in [1.29, 1.82) is 0 Å². The molecule has 0 aromatic carbocycles. The van der Waals surface area contributed by atoms with Crippen LogP contribution in [0.1, 0.15) is 40.0 Å². The van der Waals surface area contributed by atoms with E-state index in [2.05, 4.69) is 20.8 Å². The zero-order valence-corrected chi connectivity index (χ0v) is 8.01. The first-order valence-corrected chi connectivity index (χ1v) is 4.87. The van der Waals surface area contributed by atoms with Crippen LogP contribution in [0.25, 0.3) is 0 Å². The quantitative estimate of drug-likeness (QED) is 0.663. The van der Waals surface area contributed by atoms with Crippen molar-refractivity contribution in [2.75, 3.05) is 0 Å². The second-order valence-electron chi connectivity index (χ2n) is 4.39. The van der Waals surface area contributed by atoms with Gasteiger partial charge in [0.2, 0.25) is 0 Å². The van der Waals surface area contributed by atoms with Gasteiger partial charge in [0.15, 0.2) is 0 Å². The summed E-state index contributed by atoms with van der Waals surface area (Å²) in [7, 11) is 0. The molecule has 1 nitrogen and oxygen atoms in total. The van der Waals surface area contributed by atoms with Crippen molar-refractivity contribution in [3.8, 4) is 0 Å². The maximum Gasteiger partial charge on any atom is 0.00362 e. The van der Waals surface area contributed by atoms with Crippen LogP contribution in [0, 0.1) is 17.8 Å². The Hall–Kier alpha value is -0.0400. The van der Waals surface area contributed by atoms with Crippen molar-refractivity contribution < 1.29 is 0 Å². The van der Waals surface area contributed by atoms with Gasteiger partial charge in [-0.3, -0.25) is 0 Å². The van der Waals surface area contributed by atoms with Gasteiger partial charge in [-0.1, -0.05) is 13.8 Å². The van der Waals surface area contributed by atoms with Gasteiger partial charge in [0.25, 0.3) is 0 Å². The second kappa shape index (κ2) is 3.57. The predicted molar refractivity (Wildman–Crippen MR) is 49.3 cm³/mol. The summed E-state index contributed by atoms with van der Waals surface area (Å²) in [5.41, 5.74) is 5.80. The molecular formula is C10H21N. The number of rotatable bonds is 4. The number of hydrogen-bond acceptors (Lipinski definition) is 1. The minimum atomic E-state index is 0.371. The van der Waals surface area contributed by atoms with E-state index in [-0.39, 0.29) is 0 Å². The molecule has 1 fully saturated rings. The molecular weight excluding hydrogens is 134 g/mol. The largest absolute Gasteiger partial charge is 0.328 e. The summed E-state index contributed by atoms with van der Waals surface area (Å²) in [5.74, 6) is 2.65. The molecule has 0 bridgehead atoms. The maximum atomic E-state index is 5.80. The van der Waals surface area contributed by atoms with Crippen molar-refractivity contribution in [3.05, 3.63) is 0 Å². The summed E-state index contributed by atoms with van der Waals surface area (Å²) in [5, 5.41) is 0. The van der Waals surface area contributed by atoms with Crippen LogP contribution in [0.3, 0.4) is 0 Å². The van der Waals surface area contributed by atoms with Gasteiger partial charge in [0, 0.05) is 6.04 Å². The molecule has 0 saturated heterocycles. The minimum Gasteiger partial charge on any atom is -0.328 e. The molecule has 0 radical (unpaired) electrons. The van der Waals surface area contributed by atoms with Gasteiger partial charge in [0.05, 0.1) is 0 Å². The summed E-state index contributed by atoms with van der Waals surface area (Å²) in [6.45, 7) is 6.75. The zero-order valence-electron chi connectivity index (χ0n) is 8.01. The molecule has 3 unspecified atom stereocenters. The fourth-order valence-electron chi connectivity index (χ4n) is 1.66. The van der Waals surface area contributed by atoms with Gasteiger partial charge in [-0.2, -0.15) is 0 Å². The lowest BCUT2D eigenvalue weighted by Crippen LogP contribution is -2.25. The third-order valence-electron chi connectivity index (χ3n) is 3.07. The van der Waals surface area contributed by atoms with Crippen molar-refractivity contribution in [3.63, 3.8) is 0 Å². The van der Waals surface area contributed by atoms with E-state index in [1.54, 1.807) is 0 Å². The Morgan fingerprint density at radius 3 is 2.18 bits per heavy atom. The molecule has 66 valence electrons. The highest BCUT2D eigenvalue weighted by Crippen LogP contribution is 2.39. The van der Waals surface area contributed by atoms with E-state index >= 15 is 0 Å². The Kier molecular flexibility index (Phi) is 2.94. The van der Waals surface area contributed by atoms with Crippen LogP contribution in [0.4, 0.5) is 0 Å². The first-order chi connectivity index (χ1) is 5.11. The lowest BCUT2D eigenvalue weighted by molar-refractivity contribution is 0.345. The molecule has 1 heteroatoms. The van der Waals surface area contributed by atoms with Crippen molar-refractivity contribution >= 4 is 0 Å². The Bertz CT molecular complexity index is 110. The molecule has 1 rings (SSSR count). The number of nitrogens with two attached hydrogens (primary N) is 1. The van der Waals surface area contributed by atoms with E-state index in [4.69, 9.17) is 5.73 Å². The average Bonchev–Trinajstić information content (AvgIpc) is 2.67. The molecule has 0 aliphatic heterocycles. The Morgan fingerprint density at radius 2 is 1.82 bits per heavy atom. The first kappa shape index (κ1) is 9.05. The summed E-state index contributed by atoms with van der Waals surface area (Å²) in [6, 6.07) is 0.371. The Balaban J connectivity index is 2.17. The Labute approximate surface area is 70.4 Å². The molecule has 2 N–H and O–H groups in total. The van der Waals surface area contributed by atoms with E-state index in [0.717, 1.165) is 11.8 Å². The molecule has 0 aromatic heterocycles. The molecule has 0 spiro atoms. The first-order valence-electron chi connectivity index (χ1n) is 4.87. The van der Waals surface area contributed by atoms with Gasteiger partial charge in [-0.25, -0.2) is 0 Å². The van der Waals surface area contributed by atoms with E-state index < -0.39 is 0 Å². The third-order valence-corrected chi connectivity index (χ3v) is 3.07. The minimum absolute atomic E-state index is 0.371. The highest BCUT2D eigenvalue weighted by atomic mass is 14.6. The summed E-state index contributed by atoms with van der Waals surface area (Å²) in [6.07, 6.45) is 4.25. The fraction of sp³-hybridized carbons (Fsp3) is 1.00. The Morgan fingerprint density at radius 1 is 1.27 bits per heavy atom. The lowest BCUT2D eigenvalue weighted by atomic mass is 9.90. The molecule has 11 heavy (non-hydrogen) atoms. The highest BCUT2D eigenvalue weighted by Gasteiger charge is 2.29. The monoisotopic (exact) mass is 155 g/mol. The van der Waals surface area contributed by atoms with Crippen LogP contribution < -0.4 is 5.73 Å². The van der Waals surface area contributed by atoms with Gasteiger partial charge < -0.3 is 5.73 Å². The molecule has 0 aromatic rings. The van der Waals surface area contributed by atoms with Crippen LogP contribution in [0.15, 0.2) is 0 Å². The SMILES string of the molecule is CC(N)C(C)CC(C)C1CC1. The zero-order chi connectivity index (χ0) is 8.43. The van der Waals surface area contributed by atoms with Crippen LogP contribution in [-0.4, -0.2) is 6.04 Å². The van der Waals surface area contributed by atoms with Crippen molar-refractivity contribution in [2.24, 2.45) is 23.5 Å². The summed E-state index contributed by atoms with van der Waals surface area (Å²) in [4.78, 5) is 0. The van der Waals surface area contributed by atoms with E-state index in [9.17, 15) is 0 Å². The van der Waals surface area contributed by atoms with Gasteiger partial charge in [-0.15, -0.1) is 0 Å². The summed E-state index contributed by atoms with van der Waals surface area (Å²) >= 11 is 0. The summed E-state index contributed by atoms with van der Waals surface area (Å²) < 4.78 is 0. The molecule has 0 amide bonds. The molecule has 1 aliphatic carbocycles. The highest BCUT2D eigenvalue weighted by molar-refractivity contribution is 4.80. The van der Waals surface area contributed by atoms with E-state index in [1.165, 1.54) is 19.3 Å². The maximum absolute atomic E-state index is 5.80. The van der Waals surface area contributed by atoms with Crippen LogP contribution in [-0.2, 0) is 0 Å². The molecule has 3 atom stereocenters. The van der Waals surface area contributed by atoms with E-state index in [0.29, 0.717) is 12.0 Å². The normalized spacial score (nSPS) is 26.2. The fourth-order valence-corrected chi connectivity index (χ4v) is 1.66. The third kappa shape index (κ3) is 2.82. The predicted octanol–water partition coefficient (Wildman–Crippen LogP) is 2.41. The molecule has 0 heterocycles. The van der Waals surface area contributed by atoms with Gasteiger partial charge in [0.1, 0.15) is 0 Å². The second-order valence-corrected chi connectivity index (χ2v) is 4.39. The van der Waals surface area contributed by atoms with Crippen molar-refractivity contribution in [1.82, 2.24) is 0 Å². The van der Waals surface area contributed by atoms with Gasteiger partial charge in [-0.05, 0) is 43.9 Å². The van der Waals surface area contributed by atoms with E-state index in [1.807, 2.05) is 0 Å².